The monoisotopic (exact) mass is 532 g/mol. The molecule has 2 aliphatic heterocycles. The Kier molecular flexibility index (Phi) is 8.17. The lowest BCUT2D eigenvalue weighted by Gasteiger charge is -2.37. The topological polar surface area (TPSA) is 65.5 Å². The van der Waals surface area contributed by atoms with Crippen molar-refractivity contribution < 1.29 is 8.42 Å². The fourth-order valence-corrected chi connectivity index (χ4v) is 7.52. The zero-order valence-corrected chi connectivity index (χ0v) is 23.7. The first-order valence-corrected chi connectivity index (χ1v) is 15.4. The van der Waals surface area contributed by atoms with Crippen LogP contribution in [0, 0.1) is 19.8 Å². The minimum atomic E-state index is -3.25. The van der Waals surface area contributed by atoms with E-state index in [0.717, 1.165) is 63.2 Å². The Labute approximate surface area is 228 Å². The summed E-state index contributed by atoms with van der Waals surface area (Å²) in [6.07, 6.45) is 4.75. The average Bonchev–Trinajstić information content (AvgIpc) is 2.90. The summed E-state index contributed by atoms with van der Waals surface area (Å²) in [5.41, 5.74) is 7.52. The third kappa shape index (κ3) is 6.45. The lowest BCUT2D eigenvalue weighted by atomic mass is 9.91. The Morgan fingerprint density at radius 1 is 1.00 bits per heavy atom. The number of hydrogen-bond acceptors (Lipinski definition) is 6. The van der Waals surface area contributed by atoms with Crippen LogP contribution in [0.25, 0.3) is 0 Å². The molecule has 1 aromatic heterocycles. The van der Waals surface area contributed by atoms with Crippen LogP contribution in [0.3, 0.4) is 0 Å². The molecule has 1 fully saturated rings. The Morgan fingerprint density at radius 3 is 2.45 bits per heavy atom. The largest absolute Gasteiger partial charge is 0.371 e. The molecule has 0 spiro atoms. The van der Waals surface area contributed by atoms with Gasteiger partial charge in [-0.2, -0.15) is 0 Å². The normalized spacial score (nSPS) is 18.5. The summed E-state index contributed by atoms with van der Waals surface area (Å²) in [6, 6.07) is 18.5. The number of nitrogens with one attached hydrogen (secondary N) is 1. The molecule has 0 bridgehead atoms. The molecule has 0 radical (unpaired) electrons. The number of piperidine rings is 1. The number of fused-ring (bicyclic) bond motifs is 1. The molecule has 0 amide bonds. The second-order valence-electron chi connectivity index (χ2n) is 11.2. The molecule has 0 unspecified atom stereocenters. The van der Waals surface area contributed by atoms with Gasteiger partial charge in [-0.3, -0.25) is 9.88 Å². The van der Waals surface area contributed by atoms with Crippen LogP contribution in [0.2, 0.25) is 0 Å². The summed E-state index contributed by atoms with van der Waals surface area (Å²) in [6.45, 7) is 8.54. The number of anilines is 1. The average molecular weight is 533 g/mol. The van der Waals surface area contributed by atoms with Crippen LogP contribution in [-0.4, -0.2) is 56.8 Å². The molecule has 2 aromatic carbocycles. The van der Waals surface area contributed by atoms with Crippen molar-refractivity contribution in [2.24, 2.45) is 5.92 Å². The van der Waals surface area contributed by atoms with Crippen molar-refractivity contribution in [3.63, 3.8) is 0 Å². The summed E-state index contributed by atoms with van der Waals surface area (Å²) >= 11 is 0. The van der Waals surface area contributed by atoms with Crippen LogP contribution in [-0.2, 0) is 29.3 Å². The van der Waals surface area contributed by atoms with Gasteiger partial charge in [0.2, 0.25) is 0 Å². The minimum absolute atomic E-state index is 0.204. The maximum absolute atomic E-state index is 13.0. The molecular weight excluding hydrogens is 492 g/mol. The van der Waals surface area contributed by atoms with Crippen molar-refractivity contribution >= 4 is 15.5 Å². The van der Waals surface area contributed by atoms with Gasteiger partial charge in [-0.05, 0) is 87.0 Å². The second-order valence-corrected chi connectivity index (χ2v) is 13.3. The van der Waals surface area contributed by atoms with Gasteiger partial charge in [0.1, 0.15) is 0 Å². The molecular formula is C31H40N4O2S. The molecule has 0 saturated carbocycles. The van der Waals surface area contributed by atoms with Crippen LogP contribution in [0.15, 0.2) is 65.7 Å². The molecule has 1 atom stereocenters. The number of likely N-dealkylation sites (N-methyl/N-ethyl adjacent to an activating group) is 1. The number of aromatic nitrogens is 1. The predicted molar refractivity (Wildman–Crippen MR) is 154 cm³/mol. The van der Waals surface area contributed by atoms with E-state index in [1.54, 1.807) is 12.1 Å². The van der Waals surface area contributed by atoms with Gasteiger partial charge in [-0.25, -0.2) is 8.42 Å². The molecule has 3 aromatic rings. The van der Waals surface area contributed by atoms with E-state index in [9.17, 15) is 8.42 Å². The molecule has 7 heteroatoms. The van der Waals surface area contributed by atoms with Gasteiger partial charge in [0.25, 0.3) is 0 Å². The van der Waals surface area contributed by atoms with E-state index in [2.05, 4.69) is 64.4 Å². The Bertz CT molecular complexity index is 1330. The van der Waals surface area contributed by atoms with E-state index in [0.29, 0.717) is 10.9 Å². The van der Waals surface area contributed by atoms with Crippen molar-refractivity contribution in [3.8, 4) is 0 Å². The van der Waals surface area contributed by atoms with E-state index >= 15 is 0 Å². The number of pyridine rings is 1. The zero-order valence-electron chi connectivity index (χ0n) is 22.9. The third-order valence-corrected chi connectivity index (χ3v) is 9.91. The lowest BCUT2D eigenvalue weighted by molar-refractivity contribution is 0.271. The van der Waals surface area contributed by atoms with Crippen LogP contribution in [0.5, 0.6) is 0 Å². The van der Waals surface area contributed by atoms with Crippen molar-refractivity contribution in [1.29, 1.82) is 0 Å². The van der Waals surface area contributed by atoms with Gasteiger partial charge in [0.15, 0.2) is 9.84 Å². The highest BCUT2D eigenvalue weighted by Gasteiger charge is 2.28. The smallest absolute Gasteiger partial charge is 0.178 e. The van der Waals surface area contributed by atoms with Crippen LogP contribution in [0.4, 0.5) is 5.69 Å². The van der Waals surface area contributed by atoms with Crippen molar-refractivity contribution in [1.82, 2.24) is 15.2 Å². The number of aryl methyl sites for hydroxylation is 2. The first-order valence-electron chi connectivity index (χ1n) is 13.8. The molecule has 3 heterocycles. The number of rotatable bonds is 8. The molecule has 5 rings (SSSR count). The standard InChI is InChI=1S/C31H40N4O2S/c1-23-8-11-29(12-9-23)38(36,37)22-25-13-15-35(16-14-25)31-6-4-5-26-19-33-28(17-30(26)31)21-34(3)20-27-10-7-24(2)18-32-27/h4-12,18,25,28,33H,13-17,19-22H2,1-3H3/t28-/m1/s1. The van der Waals surface area contributed by atoms with Gasteiger partial charge in [0.05, 0.1) is 16.3 Å². The van der Waals surface area contributed by atoms with Gasteiger partial charge < -0.3 is 10.2 Å². The summed E-state index contributed by atoms with van der Waals surface area (Å²) in [5, 5.41) is 3.74. The van der Waals surface area contributed by atoms with Gasteiger partial charge in [-0.1, -0.05) is 35.9 Å². The molecule has 1 N–H and O–H groups in total. The van der Waals surface area contributed by atoms with E-state index in [4.69, 9.17) is 0 Å². The zero-order chi connectivity index (χ0) is 26.7. The third-order valence-electron chi connectivity index (χ3n) is 8.01. The summed E-state index contributed by atoms with van der Waals surface area (Å²) in [7, 11) is -1.09. The highest BCUT2D eigenvalue weighted by molar-refractivity contribution is 7.91. The number of hydrogen-bond donors (Lipinski definition) is 1. The maximum Gasteiger partial charge on any atom is 0.178 e. The highest BCUT2D eigenvalue weighted by Crippen LogP contribution is 2.32. The van der Waals surface area contributed by atoms with Crippen molar-refractivity contribution in [2.45, 2.75) is 57.1 Å². The number of sulfone groups is 1. The Morgan fingerprint density at radius 2 is 1.74 bits per heavy atom. The molecule has 1 saturated heterocycles. The fourth-order valence-electron chi connectivity index (χ4n) is 5.82. The Hall–Kier alpha value is -2.74. The lowest BCUT2D eigenvalue weighted by Crippen LogP contribution is -2.44. The molecule has 6 nitrogen and oxygen atoms in total. The number of benzene rings is 2. The first-order chi connectivity index (χ1) is 18.3. The van der Waals surface area contributed by atoms with Gasteiger partial charge >= 0.3 is 0 Å². The maximum atomic E-state index is 13.0. The Balaban J connectivity index is 1.19. The molecule has 2 aliphatic rings. The van der Waals surface area contributed by atoms with Crippen LogP contribution >= 0.6 is 0 Å². The molecule has 202 valence electrons. The number of nitrogens with zero attached hydrogens (tertiary/aromatic N) is 3. The van der Waals surface area contributed by atoms with Gasteiger partial charge in [0, 0.05) is 50.6 Å². The van der Waals surface area contributed by atoms with Crippen LogP contribution in [0.1, 0.15) is 40.8 Å². The molecule has 38 heavy (non-hydrogen) atoms. The minimum Gasteiger partial charge on any atom is -0.371 e. The van der Waals surface area contributed by atoms with E-state index in [1.165, 1.54) is 22.4 Å². The predicted octanol–water partition coefficient (Wildman–Crippen LogP) is 4.54. The fraction of sp³-hybridized carbons (Fsp3) is 0.452. The SMILES string of the molecule is Cc1ccc(S(=O)(=O)CC2CCN(c3cccc4c3C[C@H](CN(C)Cc3ccc(C)cn3)NC4)CC2)cc1. The van der Waals surface area contributed by atoms with E-state index in [-0.39, 0.29) is 11.7 Å². The molecule has 0 aliphatic carbocycles. The van der Waals surface area contributed by atoms with Gasteiger partial charge in [-0.15, -0.1) is 0 Å². The summed E-state index contributed by atoms with van der Waals surface area (Å²) in [4.78, 5) is 9.85. The second kappa shape index (κ2) is 11.6. The highest BCUT2D eigenvalue weighted by atomic mass is 32.2. The van der Waals surface area contributed by atoms with Crippen LogP contribution < -0.4 is 10.2 Å². The summed E-state index contributed by atoms with van der Waals surface area (Å²) in [5.74, 6) is 0.445. The van der Waals surface area contributed by atoms with Crippen molar-refractivity contribution in [2.75, 3.05) is 37.3 Å². The quantitative estimate of drug-likeness (QED) is 0.460. The van der Waals surface area contributed by atoms with Crippen molar-refractivity contribution in [3.05, 3.63) is 88.7 Å². The summed E-state index contributed by atoms with van der Waals surface area (Å²) < 4.78 is 26.0. The first kappa shape index (κ1) is 26.9. The van der Waals surface area contributed by atoms with E-state index in [1.807, 2.05) is 25.3 Å². The van der Waals surface area contributed by atoms with E-state index < -0.39 is 9.84 Å².